The molecule has 0 aromatic heterocycles. The summed E-state index contributed by atoms with van der Waals surface area (Å²) in [6, 6.07) is 0. The number of allylic oxidation sites excluding steroid dienone is 2. The summed E-state index contributed by atoms with van der Waals surface area (Å²) in [6.45, 7) is 14.2. The lowest BCUT2D eigenvalue weighted by Crippen LogP contribution is -2.68. The first-order valence-electron chi connectivity index (χ1n) is 13.7. The largest absolute Gasteiger partial charge is 0.393 e. The van der Waals surface area contributed by atoms with Crippen molar-refractivity contribution in [3.8, 4) is 0 Å². The minimum atomic E-state index is -1.13. The van der Waals surface area contributed by atoms with Crippen LogP contribution in [-0.4, -0.2) is 33.1 Å². The first-order chi connectivity index (χ1) is 15.0. The van der Waals surface area contributed by atoms with E-state index in [0.29, 0.717) is 59.7 Å². The molecule has 184 valence electrons. The van der Waals surface area contributed by atoms with Crippen molar-refractivity contribution >= 4 is 0 Å². The smallest absolute Gasteiger partial charge is 0.0985 e. The maximum absolute atomic E-state index is 11.6. The molecule has 0 amide bonds. The molecule has 0 radical (unpaired) electrons. The third-order valence-corrected chi connectivity index (χ3v) is 11.5. The molecule has 3 N–H and O–H groups in total. The van der Waals surface area contributed by atoms with Gasteiger partial charge in [0, 0.05) is 11.8 Å². The van der Waals surface area contributed by atoms with Crippen LogP contribution < -0.4 is 0 Å². The van der Waals surface area contributed by atoms with Crippen molar-refractivity contribution < 1.29 is 15.3 Å². The zero-order chi connectivity index (χ0) is 23.5. The Balaban J connectivity index is 1.56. The third kappa shape index (κ3) is 3.64. The Kier molecular flexibility index (Phi) is 6.71. The van der Waals surface area contributed by atoms with Gasteiger partial charge in [-0.2, -0.15) is 0 Å². The van der Waals surface area contributed by atoms with Crippen LogP contribution in [0.2, 0.25) is 0 Å². The summed E-state index contributed by atoms with van der Waals surface area (Å²) < 4.78 is 0. The first kappa shape index (κ1) is 24.7. The number of aliphatic hydroxyl groups is 3. The highest BCUT2D eigenvalue weighted by molar-refractivity contribution is 5.17. The van der Waals surface area contributed by atoms with Gasteiger partial charge < -0.3 is 15.3 Å². The Morgan fingerprint density at radius 2 is 1.66 bits per heavy atom. The summed E-state index contributed by atoms with van der Waals surface area (Å²) in [5.41, 5.74) is -1.06. The highest BCUT2D eigenvalue weighted by Gasteiger charge is 2.67. The molecule has 4 aliphatic carbocycles. The highest BCUT2D eigenvalue weighted by Crippen LogP contribution is 2.69. The molecule has 0 aliphatic heterocycles. The molecule has 0 saturated heterocycles. The second-order valence-corrected chi connectivity index (χ2v) is 13.2. The molecular weight excluding hydrogens is 396 g/mol. The summed E-state index contributed by atoms with van der Waals surface area (Å²) in [6.07, 6.45) is 12.7. The maximum Gasteiger partial charge on any atom is 0.0985 e. The fourth-order valence-electron chi connectivity index (χ4n) is 9.45. The number of hydrogen-bond acceptors (Lipinski definition) is 3. The topological polar surface area (TPSA) is 60.7 Å². The van der Waals surface area contributed by atoms with Crippen LogP contribution in [0.25, 0.3) is 0 Å². The van der Waals surface area contributed by atoms with Gasteiger partial charge in [-0.25, -0.2) is 0 Å². The van der Waals surface area contributed by atoms with Crippen molar-refractivity contribution in [2.45, 2.75) is 117 Å². The molecule has 0 spiro atoms. The molecule has 32 heavy (non-hydrogen) atoms. The molecule has 4 saturated carbocycles. The quantitative estimate of drug-likeness (QED) is 0.456. The van der Waals surface area contributed by atoms with E-state index >= 15 is 0 Å². The molecule has 0 heterocycles. The van der Waals surface area contributed by atoms with Gasteiger partial charge in [0.25, 0.3) is 0 Å². The summed E-state index contributed by atoms with van der Waals surface area (Å²) in [4.78, 5) is 0. The normalized spacial score (nSPS) is 50.7. The van der Waals surface area contributed by atoms with E-state index < -0.39 is 17.8 Å². The van der Waals surface area contributed by atoms with E-state index in [2.05, 4.69) is 53.7 Å². The minimum Gasteiger partial charge on any atom is -0.393 e. The number of fused-ring (bicyclic) bond motifs is 5. The van der Waals surface area contributed by atoms with E-state index in [0.717, 1.165) is 19.3 Å². The molecule has 0 bridgehead atoms. The van der Waals surface area contributed by atoms with Crippen LogP contribution in [-0.2, 0) is 0 Å². The van der Waals surface area contributed by atoms with Gasteiger partial charge in [-0.3, -0.25) is 0 Å². The monoisotopic (exact) mass is 446 g/mol. The Bertz CT molecular complexity index is 703. The second-order valence-electron chi connectivity index (χ2n) is 13.2. The Hall–Kier alpha value is -0.380. The van der Waals surface area contributed by atoms with Crippen molar-refractivity contribution in [1.29, 1.82) is 0 Å². The zero-order valence-electron chi connectivity index (χ0n) is 21.6. The van der Waals surface area contributed by atoms with Gasteiger partial charge in [0.2, 0.25) is 0 Å². The SMILES string of the molecule is CCC(C=CC(C)C1CCC2C3CC(O)C4(O)CC(O)CCC4(C)C3CCC12C)C(C)C. The van der Waals surface area contributed by atoms with Crippen LogP contribution >= 0.6 is 0 Å². The van der Waals surface area contributed by atoms with Crippen LogP contribution in [0.15, 0.2) is 12.2 Å². The molecule has 11 unspecified atom stereocenters. The summed E-state index contributed by atoms with van der Waals surface area (Å²) in [7, 11) is 0. The Labute approximate surface area is 197 Å². The molecule has 0 aromatic rings. The van der Waals surface area contributed by atoms with Crippen molar-refractivity contribution in [1.82, 2.24) is 0 Å². The number of hydrogen-bond donors (Lipinski definition) is 3. The van der Waals surface area contributed by atoms with E-state index in [-0.39, 0.29) is 5.41 Å². The summed E-state index contributed by atoms with van der Waals surface area (Å²) in [5, 5.41) is 33.2. The predicted octanol–water partition coefficient (Wildman–Crippen LogP) is 5.97. The standard InChI is InChI=1S/C29H50O3/c1-7-20(18(2)3)9-8-19(4)23-10-11-24-22-16-26(31)29(32)17-21(30)12-15-28(29,6)25(22)13-14-27(23,24)5/h8-9,18-26,30-32H,7,10-17H2,1-6H3. The summed E-state index contributed by atoms with van der Waals surface area (Å²) in [5.74, 6) is 4.31. The van der Waals surface area contributed by atoms with Crippen molar-refractivity contribution in [3.63, 3.8) is 0 Å². The van der Waals surface area contributed by atoms with Crippen LogP contribution in [0.5, 0.6) is 0 Å². The fourth-order valence-corrected chi connectivity index (χ4v) is 9.45. The maximum atomic E-state index is 11.6. The number of aliphatic hydroxyl groups excluding tert-OH is 2. The van der Waals surface area contributed by atoms with Gasteiger partial charge >= 0.3 is 0 Å². The lowest BCUT2D eigenvalue weighted by Gasteiger charge is -2.65. The van der Waals surface area contributed by atoms with Gasteiger partial charge in [-0.15, -0.1) is 0 Å². The number of rotatable bonds is 5. The highest BCUT2D eigenvalue weighted by atomic mass is 16.3. The fraction of sp³-hybridized carbons (Fsp3) is 0.931. The lowest BCUT2D eigenvalue weighted by molar-refractivity contribution is -0.264. The molecule has 11 atom stereocenters. The van der Waals surface area contributed by atoms with Crippen molar-refractivity contribution in [2.75, 3.05) is 0 Å². The van der Waals surface area contributed by atoms with E-state index in [1.54, 1.807) is 0 Å². The average molecular weight is 447 g/mol. The Morgan fingerprint density at radius 3 is 2.31 bits per heavy atom. The van der Waals surface area contributed by atoms with Crippen LogP contribution in [0, 0.1) is 52.3 Å². The average Bonchev–Trinajstić information content (AvgIpc) is 3.08. The molecular formula is C29H50O3. The molecule has 3 heteroatoms. The van der Waals surface area contributed by atoms with E-state index in [9.17, 15) is 15.3 Å². The Morgan fingerprint density at radius 1 is 0.938 bits per heavy atom. The van der Waals surface area contributed by atoms with Crippen LogP contribution in [0.4, 0.5) is 0 Å². The zero-order valence-corrected chi connectivity index (χ0v) is 21.6. The molecule has 3 nitrogen and oxygen atoms in total. The van der Waals surface area contributed by atoms with Crippen molar-refractivity contribution in [2.24, 2.45) is 52.3 Å². The van der Waals surface area contributed by atoms with Gasteiger partial charge in [0.1, 0.15) is 0 Å². The van der Waals surface area contributed by atoms with E-state index in [1.807, 2.05) is 0 Å². The van der Waals surface area contributed by atoms with Crippen LogP contribution in [0.1, 0.15) is 99.3 Å². The molecule has 0 aromatic carbocycles. The van der Waals surface area contributed by atoms with Gasteiger partial charge in [0.05, 0.1) is 17.8 Å². The van der Waals surface area contributed by atoms with Crippen molar-refractivity contribution in [3.05, 3.63) is 12.2 Å². The van der Waals surface area contributed by atoms with Gasteiger partial charge in [-0.05, 0) is 98.2 Å². The lowest BCUT2D eigenvalue weighted by atomic mass is 9.42. The second kappa shape index (κ2) is 8.68. The molecule has 4 fully saturated rings. The third-order valence-electron chi connectivity index (χ3n) is 11.5. The minimum absolute atomic E-state index is 0.273. The van der Waals surface area contributed by atoms with Gasteiger partial charge in [0.15, 0.2) is 0 Å². The van der Waals surface area contributed by atoms with E-state index in [1.165, 1.54) is 25.7 Å². The molecule has 4 rings (SSSR count). The van der Waals surface area contributed by atoms with E-state index in [4.69, 9.17) is 0 Å². The summed E-state index contributed by atoms with van der Waals surface area (Å²) >= 11 is 0. The molecule has 4 aliphatic rings. The van der Waals surface area contributed by atoms with Gasteiger partial charge in [-0.1, -0.05) is 53.7 Å². The van der Waals surface area contributed by atoms with Crippen LogP contribution in [0.3, 0.4) is 0 Å². The first-order valence-corrected chi connectivity index (χ1v) is 13.7. The predicted molar refractivity (Wildman–Crippen MR) is 131 cm³/mol.